The third kappa shape index (κ3) is 5.91. The summed E-state index contributed by atoms with van der Waals surface area (Å²) in [5.41, 5.74) is 6.04. The second-order valence-electron chi connectivity index (χ2n) is 5.56. The van der Waals surface area contributed by atoms with Crippen molar-refractivity contribution in [2.24, 2.45) is 11.7 Å². The Balaban J connectivity index is 2.25. The number of amides is 1. The molecule has 1 amide bonds. The minimum absolute atomic E-state index is 0.0873. The maximum atomic E-state index is 12.2. The fourth-order valence-electron chi connectivity index (χ4n) is 2.51. The molecule has 1 aliphatic carbocycles. The van der Waals surface area contributed by atoms with Gasteiger partial charge in [-0.1, -0.05) is 13.8 Å². The van der Waals surface area contributed by atoms with Gasteiger partial charge in [0.2, 0.25) is 5.91 Å². The van der Waals surface area contributed by atoms with E-state index in [-0.39, 0.29) is 11.9 Å². The Morgan fingerprint density at radius 3 is 2.26 bits per heavy atom. The van der Waals surface area contributed by atoms with E-state index in [9.17, 15) is 4.79 Å². The number of carbonyl (C=O) groups excluding carboxylic acids is 1. The summed E-state index contributed by atoms with van der Waals surface area (Å²) in [6.07, 6.45) is 4.01. The van der Waals surface area contributed by atoms with E-state index in [1.807, 2.05) is 4.90 Å². The van der Waals surface area contributed by atoms with Gasteiger partial charge in [0.1, 0.15) is 0 Å². The van der Waals surface area contributed by atoms with Crippen molar-refractivity contribution in [3.63, 3.8) is 0 Å². The number of nitrogens with two attached hydrogens (primary N) is 1. The van der Waals surface area contributed by atoms with Crippen molar-refractivity contribution in [1.82, 2.24) is 9.80 Å². The molecule has 1 rings (SSSR count). The molecular weight excluding hydrogens is 238 g/mol. The number of hydrogen-bond donors (Lipinski definition) is 1. The Morgan fingerprint density at radius 1 is 1.16 bits per heavy atom. The lowest BCUT2D eigenvalue weighted by Gasteiger charge is -2.24. The molecule has 0 saturated heterocycles. The number of nitrogens with zero attached hydrogens (tertiary/aromatic N) is 2. The third-order valence-electron chi connectivity index (χ3n) is 4.17. The van der Waals surface area contributed by atoms with Gasteiger partial charge in [0, 0.05) is 25.6 Å². The SMILES string of the molecule is CCN(CC)CCCN(CC)C(=O)CC(N)C1CC1. The molecule has 0 radical (unpaired) electrons. The number of hydrogen-bond acceptors (Lipinski definition) is 3. The summed E-state index contributed by atoms with van der Waals surface area (Å²) in [4.78, 5) is 16.5. The minimum Gasteiger partial charge on any atom is -0.343 e. The normalized spacial score (nSPS) is 16.7. The molecule has 1 unspecified atom stereocenters. The quantitative estimate of drug-likeness (QED) is 0.656. The van der Waals surface area contributed by atoms with Gasteiger partial charge in [-0.15, -0.1) is 0 Å². The molecule has 19 heavy (non-hydrogen) atoms. The molecule has 0 bridgehead atoms. The summed E-state index contributed by atoms with van der Waals surface area (Å²) in [5, 5.41) is 0. The largest absolute Gasteiger partial charge is 0.343 e. The van der Waals surface area contributed by atoms with Crippen LogP contribution in [0.15, 0.2) is 0 Å². The van der Waals surface area contributed by atoms with Crippen molar-refractivity contribution in [1.29, 1.82) is 0 Å². The van der Waals surface area contributed by atoms with E-state index in [2.05, 4.69) is 25.7 Å². The minimum atomic E-state index is 0.0873. The van der Waals surface area contributed by atoms with Crippen LogP contribution >= 0.6 is 0 Å². The topological polar surface area (TPSA) is 49.6 Å². The molecule has 0 aromatic rings. The molecule has 1 saturated carbocycles. The molecule has 0 aromatic heterocycles. The van der Waals surface area contributed by atoms with Crippen LogP contribution in [0.5, 0.6) is 0 Å². The van der Waals surface area contributed by atoms with Gasteiger partial charge in [0.15, 0.2) is 0 Å². The van der Waals surface area contributed by atoms with Gasteiger partial charge in [-0.3, -0.25) is 4.79 Å². The van der Waals surface area contributed by atoms with E-state index in [1.54, 1.807) is 0 Å². The lowest BCUT2D eigenvalue weighted by atomic mass is 10.1. The van der Waals surface area contributed by atoms with Gasteiger partial charge in [-0.2, -0.15) is 0 Å². The monoisotopic (exact) mass is 269 g/mol. The molecule has 1 atom stereocenters. The van der Waals surface area contributed by atoms with Gasteiger partial charge < -0.3 is 15.5 Å². The maximum Gasteiger partial charge on any atom is 0.224 e. The summed E-state index contributed by atoms with van der Waals surface area (Å²) in [6.45, 7) is 11.3. The summed E-state index contributed by atoms with van der Waals surface area (Å²) < 4.78 is 0. The van der Waals surface area contributed by atoms with Crippen molar-refractivity contribution >= 4 is 5.91 Å². The van der Waals surface area contributed by atoms with Crippen LogP contribution < -0.4 is 5.73 Å². The van der Waals surface area contributed by atoms with E-state index in [1.165, 1.54) is 12.8 Å². The molecule has 4 heteroatoms. The molecule has 112 valence electrons. The van der Waals surface area contributed by atoms with Crippen LogP contribution in [0.25, 0.3) is 0 Å². The molecule has 0 aromatic carbocycles. The Bertz CT molecular complexity index is 262. The van der Waals surface area contributed by atoms with Crippen LogP contribution in [0.4, 0.5) is 0 Å². The van der Waals surface area contributed by atoms with E-state index in [4.69, 9.17) is 5.73 Å². The Labute approximate surface area is 118 Å². The highest BCUT2D eigenvalue weighted by Gasteiger charge is 2.30. The Morgan fingerprint density at radius 2 is 1.79 bits per heavy atom. The zero-order valence-electron chi connectivity index (χ0n) is 12.9. The van der Waals surface area contributed by atoms with Gasteiger partial charge in [-0.05, 0) is 51.7 Å². The zero-order chi connectivity index (χ0) is 14.3. The molecular formula is C15H31N3O. The summed E-state index contributed by atoms with van der Waals surface area (Å²) in [6, 6.07) is 0.0873. The molecule has 1 fully saturated rings. The van der Waals surface area contributed by atoms with E-state index >= 15 is 0 Å². The predicted octanol–water partition coefficient (Wildman–Crippen LogP) is 1.69. The summed E-state index contributed by atoms with van der Waals surface area (Å²) >= 11 is 0. The fourth-order valence-corrected chi connectivity index (χ4v) is 2.51. The van der Waals surface area contributed by atoms with Gasteiger partial charge in [0.25, 0.3) is 0 Å². The molecule has 0 spiro atoms. The lowest BCUT2D eigenvalue weighted by Crippen LogP contribution is -2.38. The van der Waals surface area contributed by atoms with Crippen LogP contribution in [-0.2, 0) is 4.79 Å². The summed E-state index contributed by atoms with van der Waals surface area (Å²) in [5.74, 6) is 0.847. The van der Waals surface area contributed by atoms with Crippen LogP contribution in [0.3, 0.4) is 0 Å². The van der Waals surface area contributed by atoms with E-state index < -0.39 is 0 Å². The molecule has 4 nitrogen and oxygen atoms in total. The lowest BCUT2D eigenvalue weighted by molar-refractivity contribution is -0.131. The summed E-state index contributed by atoms with van der Waals surface area (Å²) in [7, 11) is 0. The smallest absolute Gasteiger partial charge is 0.224 e. The van der Waals surface area contributed by atoms with Gasteiger partial charge >= 0.3 is 0 Å². The van der Waals surface area contributed by atoms with E-state index in [0.717, 1.165) is 39.1 Å². The van der Waals surface area contributed by atoms with Crippen molar-refractivity contribution < 1.29 is 4.79 Å². The number of rotatable bonds is 10. The van der Waals surface area contributed by atoms with Crippen LogP contribution in [0, 0.1) is 5.92 Å². The Hall–Kier alpha value is -0.610. The van der Waals surface area contributed by atoms with Crippen molar-refractivity contribution in [3.05, 3.63) is 0 Å². The van der Waals surface area contributed by atoms with E-state index in [0.29, 0.717) is 12.3 Å². The Kier molecular flexibility index (Phi) is 7.39. The molecule has 1 aliphatic rings. The zero-order valence-corrected chi connectivity index (χ0v) is 12.9. The fraction of sp³-hybridized carbons (Fsp3) is 0.933. The maximum absolute atomic E-state index is 12.2. The second-order valence-corrected chi connectivity index (χ2v) is 5.56. The van der Waals surface area contributed by atoms with Crippen LogP contribution in [0.1, 0.15) is 46.5 Å². The van der Waals surface area contributed by atoms with Gasteiger partial charge in [0.05, 0.1) is 0 Å². The highest BCUT2D eigenvalue weighted by molar-refractivity contribution is 5.76. The molecule has 2 N–H and O–H groups in total. The van der Waals surface area contributed by atoms with Crippen molar-refractivity contribution in [3.8, 4) is 0 Å². The average Bonchev–Trinajstić information content (AvgIpc) is 3.23. The highest BCUT2D eigenvalue weighted by Crippen LogP contribution is 2.32. The molecule has 0 aliphatic heterocycles. The van der Waals surface area contributed by atoms with Crippen molar-refractivity contribution in [2.75, 3.05) is 32.7 Å². The van der Waals surface area contributed by atoms with Crippen LogP contribution in [-0.4, -0.2) is 54.5 Å². The second kappa shape index (κ2) is 8.54. The first-order valence-electron chi connectivity index (χ1n) is 7.88. The molecule has 0 heterocycles. The average molecular weight is 269 g/mol. The standard InChI is InChI=1S/C15H31N3O/c1-4-17(5-2)10-7-11-18(6-3)15(19)12-14(16)13-8-9-13/h13-14H,4-12,16H2,1-3H3. The van der Waals surface area contributed by atoms with Gasteiger partial charge in [-0.25, -0.2) is 0 Å². The first kappa shape index (κ1) is 16.4. The first-order chi connectivity index (χ1) is 9.12. The van der Waals surface area contributed by atoms with Crippen molar-refractivity contribution in [2.45, 2.75) is 52.5 Å². The van der Waals surface area contributed by atoms with Crippen LogP contribution in [0.2, 0.25) is 0 Å². The third-order valence-corrected chi connectivity index (χ3v) is 4.17. The number of carbonyl (C=O) groups is 1. The highest BCUT2D eigenvalue weighted by atomic mass is 16.2. The predicted molar refractivity (Wildman–Crippen MR) is 80.0 cm³/mol. The first-order valence-corrected chi connectivity index (χ1v) is 7.88.